The molecule has 2 heterocycles. The number of hydrogen-bond acceptors (Lipinski definition) is 10. The number of rotatable bonds is 10. The summed E-state index contributed by atoms with van der Waals surface area (Å²) in [6.07, 6.45) is 3.13. The fourth-order valence-electron chi connectivity index (χ4n) is 4.54. The van der Waals surface area contributed by atoms with Gasteiger partial charge in [0.1, 0.15) is 18.8 Å². The predicted molar refractivity (Wildman–Crippen MR) is 124 cm³/mol. The molecule has 0 saturated carbocycles. The van der Waals surface area contributed by atoms with Gasteiger partial charge in [0.25, 0.3) is 0 Å². The molecule has 0 unspecified atom stereocenters. The summed E-state index contributed by atoms with van der Waals surface area (Å²) in [4.78, 5) is 62.5. The number of ketones is 2. The Morgan fingerprint density at radius 2 is 1.61 bits per heavy atom. The molecular weight excluding hydrogens is 476 g/mol. The van der Waals surface area contributed by atoms with Crippen LogP contribution in [0, 0.1) is 0 Å². The van der Waals surface area contributed by atoms with Crippen molar-refractivity contribution in [3.63, 3.8) is 0 Å². The van der Waals surface area contributed by atoms with Crippen LogP contribution in [0.4, 0.5) is 0 Å². The summed E-state index contributed by atoms with van der Waals surface area (Å²) in [6, 6.07) is -1.67. The molecule has 0 aromatic heterocycles. The molecule has 2 saturated heterocycles. The summed E-state index contributed by atoms with van der Waals surface area (Å²) in [5.74, 6) is -3.62. The van der Waals surface area contributed by atoms with E-state index < -0.39 is 59.7 Å². The highest BCUT2D eigenvalue weighted by Gasteiger charge is 2.70. The molecule has 0 aromatic carbocycles. The van der Waals surface area contributed by atoms with Crippen LogP contribution >= 0.6 is 0 Å². The zero-order valence-corrected chi connectivity index (χ0v) is 21.2. The third kappa shape index (κ3) is 6.36. The largest absolute Gasteiger partial charge is 0.463 e. The average molecular weight is 513 g/mol. The summed E-state index contributed by atoms with van der Waals surface area (Å²) in [5.41, 5.74) is -5.72. The molecule has 2 rings (SSSR count). The van der Waals surface area contributed by atoms with Crippen molar-refractivity contribution in [2.24, 2.45) is 0 Å². The highest BCUT2D eigenvalue weighted by molar-refractivity contribution is 5.99. The molecule has 0 aliphatic carbocycles. The molecule has 36 heavy (non-hydrogen) atoms. The molecule has 0 radical (unpaired) electrons. The molecule has 2 aliphatic heterocycles. The molecule has 202 valence electrons. The van der Waals surface area contributed by atoms with Gasteiger partial charge in [-0.15, -0.1) is 0 Å². The van der Waals surface area contributed by atoms with Crippen LogP contribution in [0.3, 0.4) is 0 Å². The van der Waals surface area contributed by atoms with Crippen LogP contribution in [0.5, 0.6) is 0 Å². The minimum absolute atomic E-state index is 0.0582. The zero-order valence-electron chi connectivity index (χ0n) is 21.2. The Kier molecular flexibility index (Phi) is 10.3. The minimum atomic E-state index is -2.86. The Morgan fingerprint density at radius 1 is 1.00 bits per heavy atom. The number of piperidine rings is 1. The van der Waals surface area contributed by atoms with E-state index in [4.69, 9.17) is 14.2 Å². The molecule has 5 atom stereocenters. The number of hydrogen-bond donors (Lipinski definition) is 3. The van der Waals surface area contributed by atoms with Gasteiger partial charge in [-0.25, -0.2) is 0 Å². The monoisotopic (exact) mass is 512 g/mol. The molecule has 2 amide bonds. The van der Waals surface area contributed by atoms with Gasteiger partial charge in [0.15, 0.2) is 29.1 Å². The highest BCUT2D eigenvalue weighted by Crippen LogP contribution is 2.40. The third-order valence-electron chi connectivity index (χ3n) is 6.43. The van der Waals surface area contributed by atoms with E-state index in [1.807, 2.05) is 0 Å². The number of nitrogens with zero attached hydrogens (tertiary/aromatic N) is 1. The lowest BCUT2D eigenvalue weighted by atomic mass is 9.67. The second-order valence-corrected chi connectivity index (χ2v) is 9.07. The second kappa shape index (κ2) is 12.5. The first-order chi connectivity index (χ1) is 16.9. The minimum Gasteiger partial charge on any atom is -0.463 e. The van der Waals surface area contributed by atoms with Crippen LogP contribution in [-0.4, -0.2) is 100 Å². The summed E-state index contributed by atoms with van der Waals surface area (Å²) in [6.45, 7) is 4.79. The smallest absolute Gasteiger partial charge is 0.302 e. The van der Waals surface area contributed by atoms with E-state index in [-0.39, 0.29) is 18.9 Å². The topological polar surface area (TPSA) is 169 Å². The predicted octanol–water partition coefficient (Wildman–Crippen LogP) is -0.605. The Bertz CT molecular complexity index is 884. The van der Waals surface area contributed by atoms with E-state index in [2.05, 4.69) is 5.32 Å². The van der Waals surface area contributed by atoms with Gasteiger partial charge in [-0.3, -0.25) is 24.0 Å². The van der Waals surface area contributed by atoms with Crippen LogP contribution in [-0.2, 0) is 38.2 Å². The molecule has 0 bridgehead atoms. The second-order valence-electron chi connectivity index (χ2n) is 9.07. The normalized spacial score (nSPS) is 30.6. The molecule has 3 N–H and O–H groups in total. The Labute approximate surface area is 209 Å². The van der Waals surface area contributed by atoms with Gasteiger partial charge in [-0.05, 0) is 45.6 Å². The maximum absolute atomic E-state index is 12.7. The first-order valence-electron chi connectivity index (χ1n) is 12.0. The Morgan fingerprint density at radius 3 is 2.14 bits per heavy atom. The summed E-state index contributed by atoms with van der Waals surface area (Å²) < 4.78 is 16.3. The van der Waals surface area contributed by atoms with Crippen molar-refractivity contribution < 1.29 is 48.4 Å². The molecule has 0 aromatic rings. The fourth-order valence-corrected chi connectivity index (χ4v) is 4.54. The lowest BCUT2D eigenvalue weighted by Gasteiger charge is -2.54. The van der Waals surface area contributed by atoms with E-state index in [9.17, 15) is 34.2 Å². The lowest BCUT2D eigenvalue weighted by Crippen LogP contribution is -2.82. The molecule has 2 fully saturated rings. The number of amides is 2. The van der Waals surface area contributed by atoms with Crippen molar-refractivity contribution >= 4 is 29.4 Å². The zero-order chi connectivity index (χ0) is 27.1. The first kappa shape index (κ1) is 29.6. The van der Waals surface area contributed by atoms with Gasteiger partial charge in [0.05, 0.1) is 6.61 Å². The molecule has 2 aliphatic rings. The van der Waals surface area contributed by atoms with Gasteiger partial charge in [0.2, 0.25) is 11.8 Å². The average Bonchev–Trinajstić information content (AvgIpc) is 2.81. The molecular formula is C24H36N2O10. The number of carbonyl (C=O) groups is 5. The van der Waals surface area contributed by atoms with Gasteiger partial charge in [-0.2, -0.15) is 0 Å². The Hall–Kier alpha value is -2.67. The lowest BCUT2D eigenvalue weighted by molar-refractivity contribution is -0.316. The van der Waals surface area contributed by atoms with Crippen molar-refractivity contribution in [1.29, 1.82) is 0 Å². The maximum atomic E-state index is 12.7. The summed E-state index contributed by atoms with van der Waals surface area (Å²) in [5, 5.41) is 25.1. The van der Waals surface area contributed by atoms with Crippen molar-refractivity contribution in [3.05, 3.63) is 12.2 Å². The number of aliphatic hydroxyl groups is 2. The van der Waals surface area contributed by atoms with Gasteiger partial charge in [-0.1, -0.05) is 6.08 Å². The van der Waals surface area contributed by atoms with E-state index in [1.165, 1.54) is 6.08 Å². The molecule has 12 nitrogen and oxygen atoms in total. The van der Waals surface area contributed by atoms with Crippen molar-refractivity contribution in [2.45, 2.75) is 83.0 Å². The standard InChI is InChI=1S/C24H36N2O10/c1-15(27)23(32)19(14-35-18(4)30)36-22(21(25-17(3)29)24(23,33)16(2)28)34-13-9-6-10-20(31)26-11-7-5-8-12-26/h6,10,19,21-22,32-33H,5,7-9,11-14H2,1-4H3,(H,25,29)/t19-,21+,22-,23+,24-/m1/s1. The number of nitrogens with one attached hydrogen (secondary N) is 1. The summed E-state index contributed by atoms with van der Waals surface area (Å²) >= 11 is 0. The third-order valence-corrected chi connectivity index (χ3v) is 6.43. The van der Waals surface area contributed by atoms with E-state index in [0.717, 1.165) is 47.0 Å². The number of carbonyl (C=O) groups excluding carboxylic acids is 5. The van der Waals surface area contributed by atoms with Gasteiger partial charge in [0, 0.05) is 26.9 Å². The quantitative estimate of drug-likeness (QED) is 0.195. The van der Waals surface area contributed by atoms with Crippen molar-refractivity contribution in [2.75, 3.05) is 26.3 Å². The van der Waals surface area contributed by atoms with Crippen LogP contribution in [0.25, 0.3) is 0 Å². The first-order valence-corrected chi connectivity index (χ1v) is 12.0. The van der Waals surface area contributed by atoms with Gasteiger partial charge < -0.3 is 34.6 Å². The van der Waals surface area contributed by atoms with Crippen molar-refractivity contribution in [1.82, 2.24) is 10.2 Å². The van der Waals surface area contributed by atoms with E-state index >= 15 is 0 Å². The number of likely N-dealkylation sites (tertiary alicyclic amines) is 1. The van der Waals surface area contributed by atoms with Crippen molar-refractivity contribution in [3.8, 4) is 0 Å². The molecule has 12 heteroatoms. The SMILES string of the molecule is CC(=O)N[C@H]1[C@H](OCCC=CC(=O)N2CCCCC2)O[C@H](COC(C)=O)[C@@](O)(C(C)=O)[C@@]1(O)C(C)=O. The van der Waals surface area contributed by atoms with Crippen LogP contribution in [0.15, 0.2) is 12.2 Å². The number of ether oxygens (including phenoxy) is 3. The summed E-state index contributed by atoms with van der Waals surface area (Å²) in [7, 11) is 0. The maximum Gasteiger partial charge on any atom is 0.302 e. The number of Topliss-reactive ketones (excluding diaryl/α,β-unsaturated/α-hetero) is 2. The van der Waals surface area contributed by atoms with Crippen LogP contribution < -0.4 is 5.32 Å². The van der Waals surface area contributed by atoms with Gasteiger partial charge >= 0.3 is 5.97 Å². The fraction of sp³-hybridized carbons (Fsp3) is 0.708. The highest BCUT2D eigenvalue weighted by atomic mass is 16.7. The van der Waals surface area contributed by atoms with E-state index in [1.54, 1.807) is 11.0 Å². The molecule has 0 spiro atoms. The van der Waals surface area contributed by atoms with Crippen LogP contribution in [0.1, 0.15) is 53.4 Å². The Balaban J connectivity index is 2.24. The number of esters is 1. The van der Waals surface area contributed by atoms with E-state index in [0.29, 0.717) is 13.1 Å². The van der Waals surface area contributed by atoms with Crippen LogP contribution in [0.2, 0.25) is 0 Å².